The SMILES string of the molecule is O=[N+]([O-])C12CC3CC(CC(C3)C1)C2. The first-order valence-corrected chi connectivity index (χ1v) is 5.32. The first-order valence-electron chi connectivity index (χ1n) is 5.32. The molecule has 4 fully saturated rings. The molecule has 0 aromatic rings. The van der Waals surface area contributed by atoms with Crippen LogP contribution < -0.4 is 0 Å². The number of rotatable bonds is 1. The van der Waals surface area contributed by atoms with Crippen molar-refractivity contribution in [2.24, 2.45) is 17.8 Å². The van der Waals surface area contributed by atoms with Crippen molar-refractivity contribution in [2.45, 2.75) is 44.1 Å². The van der Waals surface area contributed by atoms with Gasteiger partial charge in [0.25, 0.3) is 0 Å². The van der Waals surface area contributed by atoms with E-state index in [4.69, 9.17) is 0 Å². The molecule has 4 saturated carbocycles. The Hall–Kier alpha value is -0.600. The quantitative estimate of drug-likeness (QED) is 0.460. The largest absolute Gasteiger partial charge is 0.264 e. The van der Waals surface area contributed by atoms with Gasteiger partial charge in [0.05, 0.1) is 0 Å². The van der Waals surface area contributed by atoms with Crippen LogP contribution in [0.15, 0.2) is 0 Å². The zero-order chi connectivity index (χ0) is 9.05. The topological polar surface area (TPSA) is 43.1 Å². The number of hydrogen-bond acceptors (Lipinski definition) is 2. The summed E-state index contributed by atoms with van der Waals surface area (Å²) in [7, 11) is 0. The molecule has 0 heterocycles. The Morgan fingerprint density at radius 2 is 1.38 bits per heavy atom. The van der Waals surface area contributed by atoms with Crippen molar-refractivity contribution < 1.29 is 4.92 Å². The second kappa shape index (κ2) is 2.25. The van der Waals surface area contributed by atoms with Gasteiger partial charge in [0.15, 0.2) is 0 Å². The molecular formula is C10H15NO2. The number of hydrogen-bond donors (Lipinski definition) is 0. The van der Waals surface area contributed by atoms with Crippen molar-refractivity contribution in [2.75, 3.05) is 0 Å². The Kier molecular flexibility index (Phi) is 1.35. The summed E-state index contributed by atoms with van der Waals surface area (Å²) in [5, 5.41) is 11.1. The molecule has 3 heteroatoms. The lowest BCUT2D eigenvalue weighted by Gasteiger charge is -2.51. The van der Waals surface area contributed by atoms with E-state index in [1.807, 2.05) is 0 Å². The summed E-state index contributed by atoms with van der Waals surface area (Å²) < 4.78 is 0. The van der Waals surface area contributed by atoms with E-state index >= 15 is 0 Å². The summed E-state index contributed by atoms with van der Waals surface area (Å²) in [6.45, 7) is 0. The van der Waals surface area contributed by atoms with Crippen LogP contribution in [0.2, 0.25) is 0 Å². The molecular weight excluding hydrogens is 166 g/mol. The Balaban J connectivity index is 1.95. The Bertz CT molecular complexity index is 226. The minimum absolute atomic E-state index is 0.0392. The zero-order valence-electron chi connectivity index (χ0n) is 7.74. The molecule has 0 unspecified atom stereocenters. The van der Waals surface area contributed by atoms with Gasteiger partial charge in [-0.3, -0.25) is 10.1 Å². The van der Waals surface area contributed by atoms with Crippen molar-refractivity contribution in [3.05, 3.63) is 10.1 Å². The molecule has 0 aromatic carbocycles. The molecule has 3 nitrogen and oxygen atoms in total. The summed E-state index contributed by atoms with van der Waals surface area (Å²) in [6.07, 6.45) is 6.50. The highest BCUT2D eigenvalue weighted by molar-refractivity contribution is 5.02. The Morgan fingerprint density at radius 1 is 1.00 bits per heavy atom. The van der Waals surface area contributed by atoms with Gasteiger partial charge in [-0.25, -0.2) is 0 Å². The second-order valence-corrected chi connectivity index (χ2v) is 5.40. The standard InChI is InChI=1S/C10H15NO2/c12-11(13)10-4-7-1-8(5-10)3-9(2-7)6-10/h7-9H,1-6H2. The fourth-order valence-corrected chi connectivity index (χ4v) is 4.29. The molecule has 0 spiro atoms. The van der Waals surface area contributed by atoms with Crippen molar-refractivity contribution in [3.8, 4) is 0 Å². The van der Waals surface area contributed by atoms with E-state index in [1.165, 1.54) is 19.3 Å². The van der Waals surface area contributed by atoms with Crippen molar-refractivity contribution in [3.63, 3.8) is 0 Å². The van der Waals surface area contributed by atoms with Crippen LogP contribution in [0, 0.1) is 27.9 Å². The highest BCUT2D eigenvalue weighted by Gasteiger charge is 2.58. The van der Waals surface area contributed by atoms with Gasteiger partial charge in [0.2, 0.25) is 5.54 Å². The highest BCUT2D eigenvalue weighted by atomic mass is 16.6. The molecule has 0 radical (unpaired) electrons. The monoisotopic (exact) mass is 181 g/mol. The summed E-state index contributed by atoms with van der Waals surface area (Å²) >= 11 is 0. The fraction of sp³-hybridized carbons (Fsp3) is 1.00. The summed E-state index contributed by atoms with van der Waals surface area (Å²) in [5.74, 6) is 2.07. The summed E-state index contributed by atoms with van der Waals surface area (Å²) in [6, 6.07) is 0. The molecule has 4 bridgehead atoms. The minimum Gasteiger partial charge on any atom is -0.264 e. The molecule has 0 saturated heterocycles. The predicted molar refractivity (Wildman–Crippen MR) is 47.9 cm³/mol. The average molecular weight is 181 g/mol. The highest BCUT2D eigenvalue weighted by Crippen LogP contribution is 2.56. The van der Waals surface area contributed by atoms with E-state index in [-0.39, 0.29) is 4.92 Å². The molecule has 13 heavy (non-hydrogen) atoms. The third-order valence-electron chi connectivity index (χ3n) is 4.39. The van der Waals surface area contributed by atoms with Gasteiger partial charge in [-0.05, 0) is 37.0 Å². The van der Waals surface area contributed by atoms with Crippen LogP contribution in [0.3, 0.4) is 0 Å². The van der Waals surface area contributed by atoms with E-state index < -0.39 is 5.54 Å². The molecule has 4 rings (SSSR count). The molecule has 0 aliphatic heterocycles. The number of nitrogens with zero attached hydrogens (tertiary/aromatic N) is 1. The Morgan fingerprint density at radius 3 is 1.69 bits per heavy atom. The van der Waals surface area contributed by atoms with Crippen LogP contribution in [0.5, 0.6) is 0 Å². The van der Waals surface area contributed by atoms with E-state index in [2.05, 4.69) is 0 Å². The van der Waals surface area contributed by atoms with Gasteiger partial charge in [-0.1, -0.05) is 0 Å². The van der Waals surface area contributed by atoms with Crippen molar-refractivity contribution in [1.29, 1.82) is 0 Å². The number of nitro groups is 1. The van der Waals surface area contributed by atoms with Crippen LogP contribution in [0.25, 0.3) is 0 Å². The molecule has 72 valence electrons. The molecule has 4 aliphatic carbocycles. The normalized spacial score (nSPS) is 52.5. The smallest absolute Gasteiger partial charge is 0.223 e. The van der Waals surface area contributed by atoms with Crippen LogP contribution in [-0.4, -0.2) is 10.5 Å². The Labute approximate surface area is 77.7 Å². The van der Waals surface area contributed by atoms with Crippen LogP contribution in [-0.2, 0) is 0 Å². The minimum atomic E-state index is -0.477. The first-order chi connectivity index (χ1) is 6.18. The molecule has 0 amide bonds. The third-order valence-corrected chi connectivity index (χ3v) is 4.39. The lowest BCUT2D eigenvalue weighted by Crippen LogP contribution is -2.54. The molecule has 0 aromatic heterocycles. The predicted octanol–water partition coefficient (Wildman–Crippen LogP) is 2.23. The van der Waals surface area contributed by atoms with E-state index in [0.717, 1.165) is 19.3 Å². The molecule has 0 N–H and O–H groups in total. The maximum absolute atomic E-state index is 11.1. The van der Waals surface area contributed by atoms with Gasteiger partial charge >= 0.3 is 0 Å². The van der Waals surface area contributed by atoms with E-state index in [0.29, 0.717) is 17.8 Å². The molecule has 0 atom stereocenters. The maximum Gasteiger partial charge on any atom is 0.223 e. The van der Waals surface area contributed by atoms with Crippen LogP contribution >= 0.6 is 0 Å². The average Bonchev–Trinajstić information content (AvgIpc) is 2.00. The van der Waals surface area contributed by atoms with Gasteiger partial charge in [-0.2, -0.15) is 0 Å². The lowest BCUT2D eigenvalue weighted by atomic mass is 9.53. The van der Waals surface area contributed by atoms with Gasteiger partial charge < -0.3 is 0 Å². The van der Waals surface area contributed by atoms with Crippen LogP contribution in [0.4, 0.5) is 0 Å². The van der Waals surface area contributed by atoms with Gasteiger partial charge in [0.1, 0.15) is 0 Å². The van der Waals surface area contributed by atoms with E-state index in [1.54, 1.807) is 0 Å². The summed E-state index contributed by atoms with van der Waals surface area (Å²) in [4.78, 5) is 11.1. The van der Waals surface area contributed by atoms with E-state index in [9.17, 15) is 10.1 Å². The molecule has 4 aliphatic rings. The zero-order valence-corrected chi connectivity index (χ0v) is 7.74. The maximum atomic E-state index is 11.1. The second-order valence-electron chi connectivity index (χ2n) is 5.40. The van der Waals surface area contributed by atoms with Gasteiger partial charge in [0, 0.05) is 24.2 Å². The van der Waals surface area contributed by atoms with Gasteiger partial charge in [-0.15, -0.1) is 0 Å². The third kappa shape index (κ3) is 0.960. The van der Waals surface area contributed by atoms with Crippen LogP contribution in [0.1, 0.15) is 38.5 Å². The lowest BCUT2D eigenvalue weighted by molar-refractivity contribution is -0.588. The fourth-order valence-electron chi connectivity index (χ4n) is 4.29. The van der Waals surface area contributed by atoms with Crippen molar-refractivity contribution >= 4 is 0 Å². The summed E-state index contributed by atoms with van der Waals surface area (Å²) in [5.41, 5.74) is -0.477. The first kappa shape index (κ1) is 7.77. The van der Waals surface area contributed by atoms with Crippen molar-refractivity contribution in [1.82, 2.24) is 0 Å².